The Kier molecular flexibility index (Phi) is 7.93. The van der Waals surface area contributed by atoms with Gasteiger partial charge < -0.3 is 19.6 Å². The van der Waals surface area contributed by atoms with Crippen molar-refractivity contribution in [2.45, 2.75) is 94.9 Å². The summed E-state index contributed by atoms with van der Waals surface area (Å²) in [5.41, 5.74) is 0. The minimum atomic E-state index is -0.339. The normalized spacial score (nSPS) is 34.4. The van der Waals surface area contributed by atoms with Crippen molar-refractivity contribution >= 4 is 21.8 Å². The Hall–Kier alpha value is -0.170. The molecule has 1 saturated heterocycles. The number of carbonyl (C=O) groups excluding carboxylic acids is 1. The van der Waals surface area contributed by atoms with Gasteiger partial charge in [0.25, 0.3) is 0 Å². The van der Waals surface area contributed by atoms with Crippen molar-refractivity contribution in [1.82, 2.24) is 9.80 Å². The van der Waals surface area contributed by atoms with Crippen molar-refractivity contribution in [2.75, 3.05) is 31.6 Å². The van der Waals surface area contributed by atoms with Gasteiger partial charge in [-0.15, -0.1) is 0 Å². The van der Waals surface area contributed by atoms with Crippen LogP contribution < -0.4 is 0 Å². The summed E-state index contributed by atoms with van der Waals surface area (Å²) in [6.07, 6.45) is 12.5. The van der Waals surface area contributed by atoms with Crippen LogP contribution in [0.3, 0.4) is 0 Å². The Morgan fingerprint density at radius 3 is 2.07 bits per heavy atom. The van der Waals surface area contributed by atoms with Crippen LogP contribution in [0.5, 0.6) is 0 Å². The summed E-state index contributed by atoms with van der Waals surface area (Å²) < 4.78 is 5.93. The third-order valence-electron chi connectivity index (χ3n) is 7.83. The van der Waals surface area contributed by atoms with E-state index in [-0.39, 0.29) is 18.1 Å². The van der Waals surface area contributed by atoms with Gasteiger partial charge >= 0.3 is 0 Å². The fourth-order valence-corrected chi connectivity index (χ4v) is 6.16. The topological polar surface area (TPSA) is 53.0 Å². The van der Waals surface area contributed by atoms with E-state index in [1.54, 1.807) is 0 Å². The van der Waals surface area contributed by atoms with Crippen LogP contribution in [0, 0.1) is 11.8 Å². The molecule has 4 fully saturated rings. The highest BCUT2D eigenvalue weighted by Gasteiger charge is 2.39. The van der Waals surface area contributed by atoms with Crippen molar-refractivity contribution < 1.29 is 14.6 Å². The van der Waals surface area contributed by atoms with Crippen molar-refractivity contribution in [3.05, 3.63) is 0 Å². The number of aliphatic hydroxyl groups excluding tert-OH is 1. The second-order valence-corrected chi connectivity index (χ2v) is 10.5. The first-order valence-corrected chi connectivity index (χ1v) is 13.1. The zero-order valence-electron chi connectivity index (χ0n) is 17.8. The monoisotopic (exact) mass is 470 g/mol. The minimum absolute atomic E-state index is 0.0303. The number of likely N-dealkylation sites (tertiary alicyclic amines) is 1. The van der Waals surface area contributed by atoms with E-state index >= 15 is 0 Å². The van der Waals surface area contributed by atoms with E-state index < -0.39 is 0 Å². The molecule has 1 N–H and O–H groups in total. The first-order valence-electron chi connectivity index (χ1n) is 12.0. The summed E-state index contributed by atoms with van der Waals surface area (Å²) in [4.78, 5) is 17.4. The minimum Gasteiger partial charge on any atom is -0.391 e. The lowest BCUT2D eigenvalue weighted by Crippen LogP contribution is -2.55. The summed E-state index contributed by atoms with van der Waals surface area (Å²) >= 11 is 3.36. The molecule has 0 aromatic carbocycles. The van der Waals surface area contributed by atoms with Crippen LogP contribution >= 0.6 is 15.9 Å². The highest BCUT2D eigenvalue weighted by molar-refractivity contribution is 9.09. The third kappa shape index (κ3) is 5.75. The molecule has 0 aromatic rings. The van der Waals surface area contributed by atoms with Gasteiger partial charge in [-0.1, -0.05) is 15.9 Å². The van der Waals surface area contributed by atoms with Crippen molar-refractivity contribution in [1.29, 1.82) is 0 Å². The van der Waals surface area contributed by atoms with E-state index in [0.717, 1.165) is 70.2 Å². The highest BCUT2D eigenvalue weighted by atomic mass is 79.9. The van der Waals surface area contributed by atoms with Gasteiger partial charge in [0.1, 0.15) is 0 Å². The smallest absolute Gasteiger partial charge is 0.233 e. The van der Waals surface area contributed by atoms with Gasteiger partial charge in [0.2, 0.25) is 5.91 Å². The Morgan fingerprint density at radius 1 is 0.931 bits per heavy atom. The predicted molar refractivity (Wildman–Crippen MR) is 118 cm³/mol. The number of amides is 1. The number of rotatable bonds is 8. The van der Waals surface area contributed by atoms with Crippen LogP contribution in [0.1, 0.15) is 70.6 Å². The van der Waals surface area contributed by atoms with Gasteiger partial charge in [0.15, 0.2) is 0 Å². The molecular formula is C23H39BrN2O3. The Bertz CT molecular complexity index is 528. The van der Waals surface area contributed by atoms with Gasteiger partial charge in [-0.3, -0.25) is 4.79 Å². The molecule has 3 aliphatic carbocycles. The van der Waals surface area contributed by atoms with Crippen LogP contribution in [-0.2, 0) is 9.53 Å². The highest BCUT2D eigenvalue weighted by Crippen LogP contribution is 2.34. The molecule has 1 amide bonds. The molecule has 29 heavy (non-hydrogen) atoms. The second-order valence-electron chi connectivity index (χ2n) is 9.92. The first kappa shape index (κ1) is 22.0. The summed E-state index contributed by atoms with van der Waals surface area (Å²) in [5.74, 6) is 1.79. The van der Waals surface area contributed by atoms with Crippen LogP contribution in [0.25, 0.3) is 0 Å². The quantitative estimate of drug-likeness (QED) is 0.550. The van der Waals surface area contributed by atoms with Gasteiger partial charge in [-0.2, -0.15) is 0 Å². The predicted octanol–water partition coefficient (Wildman–Crippen LogP) is 3.57. The van der Waals surface area contributed by atoms with E-state index in [0.29, 0.717) is 17.4 Å². The number of alkyl halides is 1. The number of hydrogen-bond acceptors (Lipinski definition) is 4. The molecule has 5 nitrogen and oxygen atoms in total. The maximum Gasteiger partial charge on any atom is 0.233 e. The van der Waals surface area contributed by atoms with Gasteiger partial charge in [-0.25, -0.2) is 0 Å². The average molecular weight is 471 g/mol. The Labute approximate surface area is 184 Å². The molecule has 4 aliphatic rings. The molecule has 0 spiro atoms. The molecule has 1 aliphatic heterocycles. The van der Waals surface area contributed by atoms with E-state index in [1.165, 1.54) is 38.5 Å². The maximum atomic E-state index is 12.6. The van der Waals surface area contributed by atoms with Crippen molar-refractivity contribution in [2.24, 2.45) is 11.8 Å². The second kappa shape index (κ2) is 10.4. The largest absolute Gasteiger partial charge is 0.391 e. The van der Waals surface area contributed by atoms with Crippen molar-refractivity contribution in [3.8, 4) is 0 Å². The molecule has 2 atom stereocenters. The molecular weight excluding hydrogens is 432 g/mol. The molecule has 1 heterocycles. The summed E-state index contributed by atoms with van der Waals surface area (Å²) in [6, 6.07) is 1.04. The number of hydrogen-bond donors (Lipinski definition) is 1. The van der Waals surface area contributed by atoms with Gasteiger partial charge in [-0.05, 0) is 82.5 Å². The fraction of sp³-hybridized carbons (Fsp3) is 0.957. The maximum absolute atomic E-state index is 12.6. The van der Waals surface area contributed by atoms with E-state index in [4.69, 9.17) is 4.74 Å². The van der Waals surface area contributed by atoms with E-state index in [2.05, 4.69) is 25.7 Å². The molecule has 0 unspecified atom stereocenters. The number of aliphatic hydroxyl groups is 1. The third-order valence-corrected chi connectivity index (χ3v) is 8.31. The summed E-state index contributed by atoms with van der Waals surface area (Å²) in [7, 11) is 0. The standard InChI is InChI=1S/C23H39BrN2O3/c24-14-23(28)26(21-2-1-3-22(21)27)20-10-12-25(13-11-20)19-8-6-18(7-9-19)16-29-15-17-4-5-17/h17-22,27H,1-16H2/t18?,19?,21-,22-/m0/s1. The zero-order chi connectivity index (χ0) is 20.2. The molecule has 0 radical (unpaired) electrons. The number of ether oxygens (including phenoxy) is 1. The van der Waals surface area contributed by atoms with E-state index in [9.17, 15) is 9.90 Å². The average Bonchev–Trinajstić information content (AvgIpc) is 3.49. The number of piperidine rings is 1. The van der Waals surface area contributed by atoms with Gasteiger partial charge in [0.05, 0.1) is 17.5 Å². The molecule has 166 valence electrons. The lowest BCUT2D eigenvalue weighted by atomic mass is 9.85. The van der Waals surface area contributed by atoms with Gasteiger partial charge in [0, 0.05) is 38.4 Å². The lowest BCUT2D eigenvalue weighted by Gasteiger charge is -2.45. The number of nitrogens with zero attached hydrogens (tertiary/aromatic N) is 2. The molecule has 0 bridgehead atoms. The van der Waals surface area contributed by atoms with Crippen LogP contribution in [0.4, 0.5) is 0 Å². The summed E-state index contributed by atoms with van der Waals surface area (Å²) in [6.45, 7) is 4.14. The Balaban J connectivity index is 1.21. The number of carbonyl (C=O) groups is 1. The van der Waals surface area contributed by atoms with Crippen LogP contribution in [0.2, 0.25) is 0 Å². The SMILES string of the molecule is O=C(CBr)N(C1CCN(C2CCC(COCC3CC3)CC2)CC1)[C@H]1CCC[C@@H]1O. The molecule has 3 saturated carbocycles. The first-order chi connectivity index (χ1) is 14.2. The van der Waals surface area contributed by atoms with E-state index in [1.807, 2.05) is 0 Å². The summed E-state index contributed by atoms with van der Waals surface area (Å²) in [5, 5.41) is 10.7. The molecule has 6 heteroatoms. The van der Waals surface area contributed by atoms with Crippen LogP contribution in [0.15, 0.2) is 0 Å². The van der Waals surface area contributed by atoms with Crippen LogP contribution in [-0.4, -0.2) is 76.7 Å². The Morgan fingerprint density at radius 2 is 1.55 bits per heavy atom. The van der Waals surface area contributed by atoms with Crippen molar-refractivity contribution in [3.63, 3.8) is 0 Å². The lowest BCUT2D eigenvalue weighted by molar-refractivity contribution is -0.137. The molecule has 4 rings (SSSR count). The zero-order valence-corrected chi connectivity index (χ0v) is 19.4. The molecule has 0 aromatic heterocycles. The fourth-order valence-electron chi connectivity index (χ4n) is 5.87. The number of halogens is 1.